The zero-order valence-corrected chi connectivity index (χ0v) is 14.8. The molecule has 0 radical (unpaired) electrons. The van der Waals surface area contributed by atoms with Crippen molar-refractivity contribution in [3.63, 3.8) is 0 Å². The van der Waals surface area contributed by atoms with Crippen molar-refractivity contribution in [1.82, 2.24) is 20.2 Å². The molecule has 0 bridgehead atoms. The number of aryl methyl sites for hydroxylation is 2. The molecule has 0 spiro atoms. The first-order valence-electron chi connectivity index (χ1n) is 8.74. The van der Waals surface area contributed by atoms with E-state index in [-0.39, 0.29) is 0 Å². The lowest BCUT2D eigenvalue weighted by Gasteiger charge is -2.12. The minimum atomic E-state index is 0.535. The van der Waals surface area contributed by atoms with Crippen molar-refractivity contribution in [2.24, 2.45) is 4.99 Å². The highest BCUT2D eigenvalue weighted by Crippen LogP contribution is 2.15. The van der Waals surface area contributed by atoms with E-state index in [1.165, 1.54) is 5.52 Å². The summed E-state index contributed by atoms with van der Waals surface area (Å²) in [6.45, 7) is 7.25. The van der Waals surface area contributed by atoms with Crippen molar-refractivity contribution in [2.75, 3.05) is 13.1 Å². The number of aromatic nitrogens is 2. The molecule has 25 heavy (non-hydrogen) atoms. The van der Waals surface area contributed by atoms with E-state index in [0.29, 0.717) is 6.54 Å². The zero-order chi connectivity index (χ0) is 17.5. The topological polar surface area (TPSA) is 67.4 Å². The number of nitrogens with zero attached hydrogens (tertiary/aromatic N) is 3. The van der Waals surface area contributed by atoms with Gasteiger partial charge in [0.1, 0.15) is 18.1 Å². The van der Waals surface area contributed by atoms with Gasteiger partial charge in [-0.15, -0.1) is 0 Å². The molecule has 2 N–H and O–H groups in total. The molecule has 2 aromatic heterocycles. The van der Waals surface area contributed by atoms with Crippen LogP contribution in [0.15, 0.2) is 52.1 Å². The van der Waals surface area contributed by atoms with Gasteiger partial charge in [0.2, 0.25) is 0 Å². The van der Waals surface area contributed by atoms with Crippen molar-refractivity contribution in [3.05, 3.63) is 54.2 Å². The van der Waals surface area contributed by atoms with Crippen molar-refractivity contribution >= 4 is 17.0 Å². The molecule has 0 saturated carbocycles. The van der Waals surface area contributed by atoms with Gasteiger partial charge < -0.3 is 19.6 Å². The third-order valence-electron chi connectivity index (χ3n) is 4.01. The molecule has 132 valence electrons. The van der Waals surface area contributed by atoms with E-state index in [1.807, 2.05) is 18.2 Å². The Kier molecular flexibility index (Phi) is 5.72. The van der Waals surface area contributed by atoms with Gasteiger partial charge in [-0.25, -0.2) is 9.98 Å². The third kappa shape index (κ3) is 4.41. The van der Waals surface area contributed by atoms with Gasteiger partial charge in [0, 0.05) is 19.6 Å². The summed E-state index contributed by atoms with van der Waals surface area (Å²) < 4.78 is 7.59. The van der Waals surface area contributed by atoms with E-state index in [2.05, 4.69) is 57.2 Å². The Hall–Kier alpha value is -2.76. The Morgan fingerprint density at radius 3 is 2.88 bits per heavy atom. The maximum Gasteiger partial charge on any atom is 0.191 e. The van der Waals surface area contributed by atoms with Crippen LogP contribution in [0.3, 0.4) is 0 Å². The lowest BCUT2D eigenvalue weighted by Crippen LogP contribution is -2.38. The maximum absolute atomic E-state index is 5.32. The summed E-state index contributed by atoms with van der Waals surface area (Å²) in [6.07, 6.45) is 2.66. The molecule has 0 aliphatic rings. The van der Waals surface area contributed by atoms with Crippen LogP contribution in [0.4, 0.5) is 0 Å². The molecule has 0 aliphatic heterocycles. The van der Waals surface area contributed by atoms with Crippen LogP contribution in [0, 0.1) is 6.92 Å². The van der Waals surface area contributed by atoms with Crippen LogP contribution in [0.1, 0.15) is 24.9 Å². The Balaban J connectivity index is 1.53. The van der Waals surface area contributed by atoms with Crippen LogP contribution in [0.5, 0.6) is 0 Å². The Morgan fingerprint density at radius 1 is 1.20 bits per heavy atom. The fourth-order valence-electron chi connectivity index (χ4n) is 2.82. The van der Waals surface area contributed by atoms with Gasteiger partial charge in [-0.3, -0.25) is 0 Å². The molecule has 0 amide bonds. The van der Waals surface area contributed by atoms with Gasteiger partial charge in [-0.05, 0) is 44.5 Å². The zero-order valence-electron chi connectivity index (χ0n) is 14.8. The van der Waals surface area contributed by atoms with E-state index in [0.717, 1.165) is 49.1 Å². The number of imidazole rings is 1. The van der Waals surface area contributed by atoms with Gasteiger partial charge in [0.05, 0.1) is 17.3 Å². The second-order valence-corrected chi connectivity index (χ2v) is 5.85. The van der Waals surface area contributed by atoms with Gasteiger partial charge >= 0.3 is 0 Å². The van der Waals surface area contributed by atoms with Gasteiger partial charge in [-0.2, -0.15) is 0 Å². The molecule has 3 rings (SSSR count). The normalized spacial score (nSPS) is 11.8. The third-order valence-corrected chi connectivity index (χ3v) is 4.01. The van der Waals surface area contributed by atoms with Crippen LogP contribution in [-0.2, 0) is 13.1 Å². The van der Waals surface area contributed by atoms with Gasteiger partial charge in [0.25, 0.3) is 0 Å². The molecule has 0 aliphatic carbocycles. The molecule has 6 nitrogen and oxygen atoms in total. The summed E-state index contributed by atoms with van der Waals surface area (Å²) in [5, 5.41) is 6.63. The fourth-order valence-corrected chi connectivity index (χ4v) is 2.82. The Bertz CT molecular complexity index is 820. The van der Waals surface area contributed by atoms with Crippen LogP contribution >= 0.6 is 0 Å². The number of rotatable bonds is 7. The standard InChI is InChI=1S/C19H25N5O/c1-3-20-19(22-14-16-8-6-13-25-16)21-11-7-12-24-15(2)23-17-9-4-5-10-18(17)24/h4-6,8-10,13H,3,7,11-12,14H2,1-2H3,(H2,20,21,22). The number of furan rings is 1. The molecule has 0 saturated heterocycles. The Morgan fingerprint density at radius 2 is 2.08 bits per heavy atom. The van der Waals surface area contributed by atoms with Crippen molar-refractivity contribution in [2.45, 2.75) is 33.4 Å². The summed E-state index contributed by atoms with van der Waals surface area (Å²) in [5.41, 5.74) is 2.25. The highest BCUT2D eigenvalue weighted by atomic mass is 16.3. The van der Waals surface area contributed by atoms with E-state index >= 15 is 0 Å². The maximum atomic E-state index is 5.32. The minimum absolute atomic E-state index is 0.535. The van der Waals surface area contributed by atoms with Gasteiger partial charge in [-0.1, -0.05) is 12.1 Å². The average Bonchev–Trinajstić information content (AvgIpc) is 3.24. The summed E-state index contributed by atoms with van der Waals surface area (Å²) in [6, 6.07) is 12.1. The molecule has 0 unspecified atom stereocenters. The van der Waals surface area contributed by atoms with Crippen molar-refractivity contribution in [3.8, 4) is 0 Å². The number of aliphatic imine (C=N–C) groups is 1. The largest absolute Gasteiger partial charge is 0.467 e. The average molecular weight is 339 g/mol. The Labute approximate surface area is 148 Å². The molecular formula is C19H25N5O. The summed E-state index contributed by atoms with van der Waals surface area (Å²) >= 11 is 0. The SMILES string of the molecule is CCNC(=NCc1ccco1)NCCCn1c(C)nc2ccccc21. The first kappa shape index (κ1) is 17.1. The summed E-state index contributed by atoms with van der Waals surface area (Å²) in [5.74, 6) is 2.73. The molecule has 2 heterocycles. The molecular weight excluding hydrogens is 314 g/mol. The highest BCUT2D eigenvalue weighted by Gasteiger charge is 2.06. The van der Waals surface area contributed by atoms with Crippen molar-refractivity contribution < 1.29 is 4.42 Å². The highest BCUT2D eigenvalue weighted by molar-refractivity contribution is 5.79. The lowest BCUT2D eigenvalue weighted by atomic mass is 10.3. The predicted octanol–water partition coefficient (Wildman–Crippen LogP) is 3.08. The van der Waals surface area contributed by atoms with E-state index in [9.17, 15) is 0 Å². The van der Waals surface area contributed by atoms with E-state index in [1.54, 1.807) is 6.26 Å². The number of fused-ring (bicyclic) bond motifs is 1. The van der Waals surface area contributed by atoms with Crippen LogP contribution < -0.4 is 10.6 Å². The number of benzene rings is 1. The summed E-state index contributed by atoms with van der Waals surface area (Å²) in [4.78, 5) is 9.15. The van der Waals surface area contributed by atoms with E-state index in [4.69, 9.17) is 4.42 Å². The van der Waals surface area contributed by atoms with E-state index < -0.39 is 0 Å². The number of hydrogen-bond donors (Lipinski definition) is 2. The molecule has 0 atom stereocenters. The molecule has 3 aromatic rings. The number of guanidine groups is 1. The predicted molar refractivity (Wildman–Crippen MR) is 101 cm³/mol. The van der Waals surface area contributed by atoms with Crippen LogP contribution in [-0.4, -0.2) is 28.6 Å². The van der Waals surface area contributed by atoms with Crippen LogP contribution in [0.2, 0.25) is 0 Å². The monoisotopic (exact) mass is 339 g/mol. The summed E-state index contributed by atoms with van der Waals surface area (Å²) in [7, 11) is 0. The molecule has 6 heteroatoms. The molecule has 1 aromatic carbocycles. The minimum Gasteiger partial charge on any atom is -0.467 e. The molecule has 0 fully saturated rings. The first-order chi connectivity index (χ1) is 12.3. The second-order valence-electron chi connectivity index (χ2n) is 5.85. The van der Waals surface area contributed by atoms with Gasteiger partial charge in [0.15, 0.2) is 5.96 Å². The number of nitrogens with one attached hydrogen (secondary N) is 2. The van der Waals surface area contributed by atoms with Crippen LogP contribution in [0.25, 0.3) is 11.0 Å². The fraction of sp³-hybridized carbons (Fsp3) is 0.368. The second kappa shape index (κ2) is 8.37. The van der Waals surface area contributed by atoms with Crippen molar-refractivity contribution in [1.29, 1.82) is 0 Å². The number of para-hydroxylation sites is 2. The smallest absolute Gasteiger partial charge is 0.191 e. The lowest BCUT2D eigenvalue weighted by molar-refractivity contribution is 0.511. The number of hydrogen-bond acceptors (Lipinski definition) is 3. The first-order valence-corrected chi connectivity index (χ1v) is 8.74. The quantitative estimate of drug-likeness (QED) is 0.394.